The van der Waals surface area contributed by atoms with Crippen LogP contribution in [0.3, 0.4) is 0 Å². The molecule has 0 unspecified atom stereocenters. The molecule has 0 radical (unpaired) electrons. The van der Waals surface area contributed by atoms with E-state index in [1.165, 1.54) is 10.9 Å². The number of halogens is 2. The van der Waals surface area contributed by atoms with E-state index in [2.05, 4.69) is 72.5 Å². The van der Waals surface area contributed by atoms with Crippen LogP contribution in [0.1, 0.15) is 5.56 Å². The molecule has 0 fully saturated rings. The van der Waals surface area contributed by atoms with Crippen molar-refractivity contribution in [3.05, 3.63) is 69.2 Å². The Morgan fingerprint density at radius 2 is 1.85 bits per heavy atom. The maximum absolute atomic E-state index is 4.47. The quantitative estimate of drug-likeness (QED) is 0.648. The van der Waals surface area contributed by atoms with Gasteiger partial charge in [-0.25, -0.2) is 0 Å². The number of anilines is 1. The van der Waals surface area contributed by atoms with Crippen LogP contribution in [0, 0.1) is 0 Å². The predicted molar refractivity (Wildman–Crippen MR) is 90.9 cm³/mol. The van der Waals surface area contributed by atoms with E-state index in [4.69, 9.17) is 0 Å². The van der Waals surface area contributed by atoms with Gasteiger partial charge in [0, 0.05) is 32.8 Å². The molecule has 0 atom stereocenters. The number of benzene rings is 2. The molecule has 0 aliphatic rings. The number of aromatic nitrogens is 1. The average molecular weight is 392 g/mol. The molecule has 0 aliphatic heterocycles. The Morgan fingerprint density at radius 1 is 1.00 bits per heavy atom. The van der Waals surface area contributed by atoms with Gasteiger partial charge in [0.1, 0.15) is 0 Å². The minimum atomic E-state index is 0.739. The van der Waals surface area contributed by atoms with Crippen LogP contribution >= 0.6 is 31.9 Å². The fourth-order valence-electron chi connectivity index (χ4n) is 2.13. The van der Waals surface area contributed by atoms with Gasteiger partial charge >= 0.3 is 0 Å². The highest BCUT2D eigenvalue weighted by Gasteiger charge is 2.04. The lowest BCUT2D eigenvalue weighted by atomic mass is 10.1. The van der Waals surface area contributed by atoms with Crippen molar-refractivity contribution in [3.8, 4) is 0 Å². The molecule has 0 bridgehead atoms. The zero-order valence-corrected chi connectivity index (χ0v) is 13.8. The van der Waals surface area contributed by atoms with Gasteiger partial charge in [-0.3, -0.25) is 4.98 Å². The van der Waals surface area contributed by atoms with Crippen molar-refractivity contribution in [2.75, 3.05) is 5.32 Å². The van der Waals surface area contributed by atoms with E-state index < -0.39 is 0 Å². The monoisotopic (exact) mass is 390 g/mol. The number of nitrogens with zero attached hydrogens (tertiary/aromatic N) is 1. The number of nitrogens with one attached hydrogen (secondary N) is 1. The molecule has 0 amide bonds. The van der Waals surface area contributed by atoms with Gasteiger partial charge in [0.15, 0.2) is 0 Å². The molecule has 1 aromatic heterocycles. The zero-order valence-electron chi connectivity index (χ0n) is 10.6. The summed E-state index contributed by atoms with van der Waals surface area (Å²) in [6.07, 6.45) is 1.83. The van der Waals surface area contributed by atoms with E-state index in [9.17, 15) is 0 Å². The Morgan fingerprint density at radius 3 is 2.75 bits per heavy atom. The molecule has 0 spiro atoms. The van der Waals surface area contributed by atoms with E-state index in [1.54, 1.807) is 0 Å². The molecule has 3 aromatic rings. The van der Waals surface area contributed by atoms with E-state index in [1.807, 2.05) is 24.4 Å². The van der Waals surface area contributed by atoms with Crippen molar-refractivity contribution < 1.29 is 0 Å². The molecule has 3 rings (SSSR count). The summed E-state index contributed by atoms with van der Waals surface area (Å²) in [6.45, 7) is 0.739. The Labute approximate surface area is 134 Å². The highest BCUT2D eigenvalue weighted by molar-refractivity contribution is 9.11. The van der Waals surface area contributed by atoms with Crippen molar-refractivity contribution in [2.45, 2.75) is 6.54 Å². The summed E-state index contributed by atoms with van der Waals surface area (Å²) in [5.41, 5.74) is 3.30. The lowest BCUT2D eigenvalue weighted by molar-refractivity contribution is 1.15. The maximum atomic E-state index is 4.47. The van der Waals surface area contributed by atoms with Gasteiger partial charge in [0.25, 0.3) is 0 Å². The molecule has 1 N–H and O–H groups in total. The summed E-state index contributed by atoms with van der Waals surface area (Å²) in [5, 5.41) is 4.61. The molecular formula is C16H12Br2N2. The van der Waals surface area contributed by atoms with Crippen LogP contribution in [0.2, 0.25) is 0 Å². The summed E-state index contributed by atoms with van der Waals surface area (Å²) >= 11 is 7.04. The van der Waals surface area contributed by atoms with Gasteiger partial charge in [-0.2, -0.15) is 0 Å². The molecule has 100 valence electrons. The Balaban J connectivity index is 1.89. The summed E-state index contributed by atoms with van der Waals surface area (Å²) in [6, 6.07) is 16.4. The molecular weight excluding hydrogens is 380 g/mol. The average Bonchev–Trinajstić information content (AvgIpc) is 2.48. The van der Waals surface area contributed by atoms with Crippen LogP contribution in [0.15, 0.2) is 63.7 Å². The smallest absolute Gasteiger partial charge is 0.0751 e. The van der Waals surface area contributed by atoms with E-state index >= 15 is 0 Å². The van der Waals surface area contributed by atoms with E-state index in [0.717, 1.165) is 26.7 Å². The Hall–Kier alpha value is -1.39. The van der Waals surface area contributed by atoms with Gasteiger partial charge in [0.05, 0.1) is 5.52 Å². The van der Waals surface area contributed by atoms with Gasteiger partial charge in [-0.1, -0.05) is 40.2 Å². The number of hydrogen-bond acceptors (Lipinski definition) is 2. The van der Waals surface area contributed by atoms with Crippen LogP contribution in [-0.2, 0) is 6.54 Å². The first-order valence-corrected chi connectivity index (χ1v) is 7.84. The van der Waals surface area contributed by atoms with E-state index in [-0.39, 0.29) is 0 Å². The van der Waals surface area contributed by atoms with Crippen molar-refractivity contribution >= 4 is 48.5 Å². The maximum Gasteiger partial charge on any atom is 0.0751 e. The molecule has 0 aliphatic carbocycles. The lowest BCUT2D eigenvalue weighted by Gasteiger charge is -2.10. The second kappa shape index (κ2) is 5.94. The van der Waals surface area contributed by atoms with Gasteiger partial charge in [-0.05, 0) is 45.8 Å². The van der Waals surface area contributed by atoms with Gasteiger partial charge in [0.2, 0.25) is 0 Å². The second-order valence-corrected chi connectivity index (χ2v) is 6.24. The number of fused-ring (bicyclic) bond motifs is 1. The molecule has 0 saturated carbocycles. The first-order valence-electron chi connectivity index (χ1n) is 6.25. The minimum absolute atomic E-state index is 0.739. The zero-order chi connectivity index (χ0) is 13.9. The van der Waals surface area contributed by atoms with Crippen molar-refractivity contribution in [1.29, 1.82) is 0 Å². The fourth-order valence-corrected chi connectivity index (χ4v) is 2.88. The molecule has 4 heteroatoms. The van der Waals surface area contributed by atoms with Gasteiger partial charge in [-0.15, -0.1) is 0 Å². The first-order chi connectivity index (χ1) is 9.74. The SMILES string of the molecule is Brc1ccc(Br)c(NCc2cccc3cccnc23)c1. The Kier molecular flexibility index (Phi) is 4.03. The summed E-state index contributed by atoms with van der Waals surface area (Å²) in [7, 11) is 0. The summed E-state index contributed by atoms with van der Waals surface area (Å²) in [5.74, 6) is 0. The molecule has 2 nitrogen and oxygen atoms in total. The van der Waals surface area contributed by atoms with Crippen LogP contribution in [0.4, 0.5) is 5.69 Å². The topological polar surface area (TPSA) is 24.9 Å². The first kappa shape index (κ1) is 13.6. The van der Waals surface area contributed by atoms with Crippen molar-refractivity contribution in [3.63, 3.8) is 0 Å². The van der Waals surface area contributed by atoms with Crippen LogP contribution in [-0.4, -0.2) is 4.98 Å². The summed E-state index contributed by atoms with van der Waals surface area (Å²) in [4.78, 5) is 4.47. The molecule has 0 saturated heterocycles. The normalized spacial score (nSPS) is 10.7. The minimum Gasteiger partial charge on any atom is -0.380 e. The third kappa shape index (κ3) is 2.86. The molecule has 20 heavy (non-hydrogen) atoms. The lowest BCUT2D eigenvalue weighted by Crippen LogP contribution is -2.01. The van der Waals surface area contributed by atoms with Crippen molar-refractivity contribution in [2.24, 2.45) is 0 Å². The fraction of sp³-hybridized carbons (Fsp3) is 0.0625. The highest BCUT2D eigenvalue weighted by Crippen LogP contribution is 2.27. The van der Waals surface area contributed by atoms with Crippen LogP contribution in [0.5, 0.6) is 0 Å². The standard InChI is InChI=1S/C16H12Br2N2/c17-13-6-7-14(18)15(9-13)20-10-12-4-1-3-11-5-2-8-19-16(11)12/h1-9,20H,10H2. The highest BCUT2D eigenvalue weighted by atomic mass is 79.9. The van der Waals surface area contributed by atoms with Crippen LogP contribution < -0.4 is 5.32 Å². The number of para-hydroxylation sites is 1. The van der Waals surface area contributed by atoms with Crippen molar-refractivity contribution in [1.82, 2.24) is 4.98 Å². The third-order valence-corrected chi connectivity index (χ3v) is 4.30. The third-order valence-electron chi connectivity index (χ3n) is 3.11. The van der Waals surface area contributed by atoms with Gasteiger partial charge < -0.3 is 5.32 Å². The number of hydrogen-bond donors (Lipinski definition) is 1. The summed E-state index contributed by atoms with van der Waals surface area (Å²) < 4.78 is 2.10. The molecule has 1 heterocycles. The largest absolute Gasteiger partial charge is 0.380 e. The van der Waals surface area contributed by atoms with Crippen LogP contribution in [0.25, 0.3) is 10.9 Å². The molecule has 2 aromatic carbocycles. The Bertz CT molecular complexity index is 751. The number of rotatable bonds is 3. The van der Waals surface area contributed by atoms with E-state index in [0.29, 0.717) is 0 Å². The predicted octanol–water partition coefficient (Wildman–Crippen LogP) is 5.37. The second-order valence-electron chi connectivity index (χ2n) is 4.47. The number of pyridine rings is 1.